The summed E-state index contributed by atoms with van der Waals surface area (Å²) in [5.41, 5.74) is 0. The Kier molecular flexibility index (Phi) is 4.83. The number of ether oxygens (including phenoxy) is 1. The van der Waals surface area contributed by atoms with E-state index in [-0.39, 0.29) is 17.0 Å². The van der Waals surface area contributed by atoms with Crippen molar-refractivity contribution in [3.05, 3.63) is 29.0 Å². The molecule has 1 saturated heterocycles. The number of rotatable bonds is 4. The van der Waals surface area contributed by atoms with Crippen molar-refractivity contribution < 1.29 is 13.9 Å². The number of likely N-dealkylation sites (N-methyl/N-ethyl adjacent to an activating group) is 1. The first-order valence-corrected chi connectivity index (χ1v) is 6.96. The number of hydrogen-bond acceptors (Lipinski definition) is 3. The fourth-order valence-electron chi connectivity index (χ4n) is 2.25. The molecular formula is C14H18ClFN2O2. The number of carbonyl (C=O) groups excluding carboxylic acids is 1. The lowest BCUT2D eigenvalue weighted by Gasteiger charge is -2.27. The molecule has 0 aromatic heterocycles. The third-order valence-electron chi connectivity index (χ3n) is 3.48. The van der Waals surface area contributed by atoms with Crippen molar-refractivity contribution in [2.24, 2.45) is 0 Å². The summed E-state index contributed by atoms with van der Waals surface area (Å²) < 4.78 is 18.5. The highest BCUT2D eigenvalue weighted by atomic mass is 35.5. The molecular weight excluding hydrogens is 283 g/mol. The molecule has 1 fully saturated rings. The maximum atomic E-state index is 13.0. The predicted molar refractivity (Wildman–Crippen MR) is 75.5 cm³/mol. The highest BCUT2D eigenvalue weighted by molar-refractivity contribution is 6.32. The van der Waals surface area contributed by atoms with Crippen LogP contribution in [0.3, 0.4) is 0 Å². The van der Waals surface area contributed by atoms with Gasteiger partial charge in [-0.3, -0.25) is 4.79 Å². The van der Waals surface area contributed by atoms with Gasteiger partial charge in [0.25, 0.3) is 5.91 Å². The van der Waals surface area contributed by atoms with E-state index in [1.54, 1.807) is 18.9 Å². The molecule has 110 valence electrons. The van der Waals surface area contributed by atoms with Crippen molar-refractivity contribution in [2.45, 2.75) is 25.5 Å². The summed E-state index contributed by atoms with van der Waals surface area (Å²) in [5, 5.41) is 3.38. The van der Waals surface area contributed by atoms with E-state index in [4.69, 9.17) is 16.3 Å². The molecule has 1 aromatic rings. The van der Waals surface area contributed by atoms with Crippen molar-refractivity contribution in [3.63, 3.8) is 0 Å². The Morgan fingerprint density at radius 3 is 2.95 bits per heavy atom. The van der Waals surface area contributed by atoms with Gasteiger partial charge >= 0.3 is 0 Å². The molecule has 2 atom stereocenters. The molecule has 4 nitrogen and oxygen atoms in total. The van der Waals surface area contributed by atoms with E-state index >= 15 is 0 Å². The SMILES string of the molecule is CC(Oc1ccc(F)cc1Cl)C(=O)N(C)C1CCNC1. The van der Waals surface area contributed by atoms with E-state index in [2.05, 4.69) is 5.32 Å². The van der Waals surface area contributed by atoms with Crippen LogP contribution in [0.15, 0.2) is 18.2 Å². The Bertz CT molecular complexity index is 492. The summed E-state index contributed by atoms with van der Waals surface area (Å²) in [4.78, 5) is 14.0. The molecule has 0 spiro atoms. The Morgan fingerprint density at radius 1 is 1.60 bits per heavy atom. The summed E-state index contributed by atoms with van der Waals surface area (Å²) in [6.07, 6.45) is 0.273. The highest BCUT2D eigenvalue weighted by Crippen LogP contribution is 2.26. The summed E-state index contributed by atoms with van der Waals surface area (Å²) in [5.74, 6) is -0.235. The average molecular weight is 301 g/mol. The summed E-state index contributed by atoms with van der Waals surface area (Å²) in [7, 11) is 1.77. The molecule has 1 N–H and O–H groups in total. The summed E-state index contributed by atoms with van der Waals surface area (Å²) >= 11 is 5.89. The average Bonchev–Trinajstić information content (AvgIpc) is 2.94. The highest BCUT2D eigenvalue weighted by Gasteiger charge is 2.27. The maximum absolute atomic E-state index is 13.0. The molecule has 2 unspecified atom stereocenters. The lowest BCUT2D eigenvalue weighted by atomic mass is 10.2. The van der Waals surface area contributed by atoms with Crippen LogP contribution in [0, 0.1) is 5.82 Å². The first-order valence-electron chi connectivity index (χ1n) is 6.58. The van der Waals surface area contributed by atoms with Crippen LogP contribution < -0.4 is 10.1 Å². The zero-order valence-corrected chi connectivity index (χ0v) is 12.3. The monoisotopic (exact) mass is 300 g/mol. The zero-order chi connectivity index (χ0) is 14.7. The van der Waals surface area contributed by atoms with Gasteiger partial charge in [0.15, 0.2) is 6.10 Å². The Balaban J connectivity index is 1.99. The lowest BCUT2D eigenvalue weighted by Crippen LogP contribution is -2.44. The minimum atomic E-state index is -0.663. The van der Waals surface area contributed by atoms with E-state index in [1.807, 2.05) is 0 Å². The molecule has 1 aliphatic heterocycles. The molecule has 2 rings (SSSR count). The van der Waals surface area contributed by atoms with E-state index in [1.165, 1.54) is 18.2 Å². The molecule has 1 amide bonds. The first kappa shape index (κ1) is 15.1. The number of halogens is 2. The summed E-state index contributed by atoms with van der Waals surface area (Å²) in [6.45, 7) is 3.38. The van der Waals surface area contributed by atoms with Gasteiger partial charge in [0.2, 0.25) is 0 Å². The zero-order valence-electron chi connectivity index (χ0n) is 11.5. The third kappa shape index (κ3) is 3.41. The Labute approximate surface area is 122 Å². The number of nitrogens with zero attached hydrogens (tertiary/aromatic N) is 1. The number of nitrogens with one attached hydrogen (secondary N) is 1. The molecule has 1 heterocycles. The van der Waals surface area contributed by atoms with Gasteiger partial charge in [-0.15, -0.1) is 0 Å². The molecule has 0 radical (unpaired) electrons. The van der Waals surface area contributed by atoms with Crippen LogP contribution in [0.2, 0.25) is 5.02 Å². The van der Waals surface area contributed by atoms with Gasteiger partial charge in [0.1, 0.15) is 11.6 Å². The number of carbonyl (C=O) groups is 1. The lowest BCUT2D eigenvalue weighted by molar-refractivity contribution is -0.138. The molecule has 1 aliphatic rings. The first-order chi connectivity index (χ1) is 9.49. The Hall–Kier alpha value is -1.33. The number of hydrogen-bond donors (Lipinski definition) is 1. The second kappa shape index (κ2) is 6.41. The smallest absolute Gasteiger partial charge is 0.263 e. The van der Waals surface area contributed by atoms with Gasteiger partial charge in [0, 0.05) is 19.6 Å². The quantitative estimate of drug-likeness (QED) is 0.925. The minimum Gasteiger partial charge on any atom is -0.479 e. The van der Waals surface area contributed by atoms with E-state index < -0.39 is 11.9 Å². The standard InChI is InChI=1S/C14H18ClFN2O2/c1-9(14(19)18(2)11-5-6-17-8-11)20-13-4-3-10(16)7-12(13)15/h3-4,7,9,11,17H,5-6,8H2,1-2H3. The number of benzene rings is 1. The van der Waals surface area contributed by atoms with E-state index in [0.29, 0.717) is 5.75 Å². The van der Waals surface area contributed by atoms with Crippen LogP contribution in [0.5, 0.6) is 5.75 Å². The van der Waals surface area contributed by atoms with Crippen LogP contribution in [-0.4, -0.2) is 43.1 Å². The van der Waals surface area contributed by atoms with Gasteiger partial charge in [-0.2, -0.15) is 0 Å². The van der Waals surface area contributed by atoms with Gasteiger partial charge in [-0.25, -0.2) is 4.39 Å². The molecule has 20 heavy (non-hydrogen) atoms. The van der Waals surface area contributed by atoms with Gasteiger partial charge in [0.05, 0.1) is 5.02 Å². The molecule has 0 saturated carbocycles. The van der Waals surface area contributed by atoms with Crippen LogP contribution in [-0.2, 0) is 4.79 Å². The number of amides is 1. The summed E-state index contributed by atoms with van der Waals surface area (Å²) in [6, 6.07) is 4.04. The molecule has 1 aromatic carbocycles. The van der Waals surface area contributed by atoms with Crippen molar-refractivity contribution in [1.82, 2.24) is 10.2 Å². The molecule has 6 heteroatoms. The minimum absolute atomic E-state index is 0.112. The van der Waals surface area contributed by atoms with Crippen LogP contribution in [0.1, 0.15) is 13.3 Å². The van der Waals surface area contributed by atoms with Crippen molar-refractivity contribution in [2.75, 3.05) is 20.1 Å². The van der Waals surface area contributed by atoms with Crippen molar-refractivity contribution >= 4 is 17.5 Å². The largest absolute Gasteiger partial charge is 0.479 e. The van der Waals surface area contributed by atoms with Gasteiger partial charge in [-0.05, 0) is 38.1 Å². The fourth-order valence-corrected chi connectivity index (χ4v) is 2.46. The van der Waals surface area contributed by atoms with Crippen LogP contribution in [0.4, 0.5) is 4.39 Å². The van der Waals surface area contributed by atoms with E-state index in [9.17, 15) is 9.18 Å². The van der Waals surface area contributed by atoms with Gasteiger partial charge in [-0.1, -0.05) is 11.6 Å². The third-order valence-corrected chi connectivity index (χ3v) is 3.77. The van der Waals surface area contributed by atoms with Crippen molar-refractivity contribution in [1.29, 1.82) is 0 Å². The molecule has 0 aliphatic carbocycles. The predicted octanol–water partition coefficient (Wildman–Crippen LogP) is 2.07. The Morgan fingerprint density at radius 2 is 2.35 bits per heavy atom. The van der Waals surface area contributed by atoms with Crippen molar-refractivity contribution in [3.8, 4) is 5.75 Å². The normalized spacial score (nSPS) is 19.7. The maximum Gasteiger partial charge on any atom is 0.263 e. The van der Waals surface area contributed by atoms with Crippen LogP contribution >= 0.6 is 11.6 Å². The fraction of sp³-hybridized carbons (Fsp3) is 0.500. The van der Waals surface area contributed by atoms with Gasteiger partial charge < -0.3 is 15.0 Å². The van der Waals surface area contributed by atoms with E-state index in [0.717, 1.165) is 19.5 Å². The second-order valence-electron chi connectivity index (χ2n) is 4.93. The van der Waals surface area contributed by atoms with Crippen LogP contribution in [0.25, 0.3) is 0 Å². The topological polar surface area (TPSA) is 41.6 Å². The second-order valence-corrected chi connectivity index (χ2v) is 5.34. The molecule has 0 bridgehead atoms.